The summed E-state index contributed by atoms with van der Waals surface area (Å²) in [6.45, 7) is 4.53. The normalized spacial score (nSPS) is 10.7. The maximum Gasteiger partial charge on any atom is 0.295 e. The van der Waals surface area contributed by atoms with Crippen LogP contribution in [0.2, 0.25) is 5.02 Å². The lowest BCUT2D eigenvalue weighted by Gasteiger charge is -2.08. The number of aromatic nitrogens is 3. The Kier molecular flexibility index (Phi) is 6.00. The highest BCUT2D eigenvalue weighted by Crippen LogP contribution is 2.24. The average molecular weight is 433 g/mol. The molecule has 0 spiro atoms. The van der Waals surface area contributed by atoms with Gasteiger partial charge in [0.25, 0.3) is 5.91 Å². The molecule has 7 heteroatoms. The van der Waals surface area contributed by atoms with Crippen LogP contribution in [0, 0.1) is 6.92 Å². The zero-order chi connectivity index (χ0) is 21.8. The number of benzene rings is 3. The fourth-order valence-electron chi connectivity index (χ4n) is 3.16. The first-order chi connectivity index (χ1) is 15.0. The van der Waals surface area contributed by atoms with E-state index in [1.54, 1.807) is 28.9 Å². The molecule has 0 unspecified atom stereocenters. The first-order valence-electron chi connectivity index (χ1n) is 9.88. The molecule has 0 aliphatic rings. The number of rotatable bonds is 6. The molecule has 3 aromatic carbocycles. The van der Waals surface area contributed by atoms with Crippen LogP contribution in [0.25, 0.3) is 17.1 Å². The van der Waals surface area contributed by atoms with E-state index in [-0.39, 0.29) is 5.82 Å². The molecule has 0 radical (unpaired) electrons. The zero-order valence-corrected chi connectivity index (χ0v) is 17.9. The van der Waals surface area contributed by atoms with Gasteiger partial charge in [-0.05, 0) is 62.4 Å². The molecular weight excluding hydrogens is 412 g/mol. The van der Waals surface area contributed by atoms with Crippen LogP contribution in [0.1, 0.15) is 23.1 Å². The third-order valence-corrected chi connectivity index (χ3v) is 4.80. The van der Waals surface area contributed by atoms with E-state index < -0.39 is 5.91 Å². The van der Waals surface area contributed by atoms with Gasteiger partial charge in [-0.1, -0.05) is 41.4 Å². The minimum Gasteiger partial charge on any atom is -0.494 e. The highest BCUT2D eigenvalue weighted by molar-refractivity contribution is 6.30. The summed E-state index contributed by atoms with van der Waals surface area (Å²) in [6.07, 6.45) is 0. The number of carbonyl (C=O) groups is 1. The molecule has 1 amide bonds. The molecule has 0 aliphatic heterocycles. The summed E-state index contributed by atoms with van der Waals surface area (Å²) in [5.41, 5.74) is 3.30. The van der Waals surface area contributed by atoms with Crippen molar-refractivity contribution < 1.29 is 9.53 Å². The molecule has 156 valence electrons. The fourth-order valence-corrected chi connectivity index (χ4v) is 3.35. The first-order valence-corrected chi connectivity index (χ1v) is 10.3. The van der Waals surface area contributed by atoms with E-state index in [2.05, 4.69) is 15.4 Å². The van der Waals surface area contributed by atoms with Crippen molar-refractivity contribution in [1.82, 2.24) is 14.8 Å². The molecule has 0 atom stereocenters. The van der Waals surface area contributed by atoms with Crippen molar-refractivity contribution in [2.24, 2.45) is 0 Å². The summed E-state index contributed by atoms with van der Waals surface area (Å²) in [7, 11) is 0. The number of aryl methyl sites for hydroxylation is 1. The predicted octanol–water partition coefficient (Wildman–Crippen LogP) is 5.55. The number of anilines is 1. The van der Waals surface area contributed by atoms with Crippen LogP contribution < -0.4 is 10.1 Å². The van der Waals surface area contributed by atoms with E-state index in [9.17, 15) is 4.79 Å². The van der Waals surface area contributed by atoms with Gasteiger partial charge in [0.05, 0.1) is 12.3 Å². The summed E-state index contributed by atoms with van der Waals surface area (Å²) in [5.74, 6) is 0.984. The van der Waals surface area contributed by atoms with Gasteiger partial charge in [0.1, 0.15) is 5.75 Å². The highest BCUT2D eigenvalue weighted by Gasteiger charge is 2.19. The number of ether oxygens (including phenoxy) is 1. The second-order valence-corrected chi connectivity index (χ2v) is 7.37. The second-order valence-electron chi connectivity index (χ2n) is 6.93. The van der Waals surface area contributed by atoms with Crippen LogP contribution in [-0.4, -0.2) is 27.3 Å². The van der Waals surface area contributed by atoms with Crippen LogP contribution >= 0.6 is 11.6 Å². The van der Waals surface area contributed by atoms with E-state index >= 15 is 0 Å². The summed E-state index contributed by atoms with van der Waals surface area (Å²) >= 11 is 6.02. The van der Waals surface area contributed by atoms with Crippen LogP contribution in [0.3, 0.4) is 0 Å². The fraction of sp³-hybridized carbons (Fsp3) is 0.125. The maximum absolute atomic E-state index is 12.8. The molecule has 0 saturated heterocycles. The molecule has 31 heavy (non-hydrogen) atoms. The standard InChI is InChI=1S/C24H21ClN4O2/c1-3-31-21-12-10-20(11-13-21)29-23(17-7-4-6-16(2)14-17)27-22(28-29)24(30)26-19-9-5-8-18(25)15-19/h4-15H,3H2,1-2H3,(H,26,30). The van der Waals surface area contributed by atoms with Crippen LogP contribution in [0.4, 0.5) is 5.69 Å². The molecular formula is C24H21ClN4O2. The molecule has 4 aromatic rings. The third kappa shape index (κ3) is 4.75. The predicted molar refractivity (Wildman–Crippen MR) is 122 cm³/mol. The van der Waals surface area contributed by atoms with Crippen LogP contribution in [0.5, 0.6) is 5.75 Å². The van der Waals surface area contributed by atoms with Crippen LogP contribution in [0.15, 0.2) is 72.8 Å². The molecule has 4 rings (SSSR count). The number of carbonyl (C=O) groups excluding carboxylic acids is 1. The number of halogens is 1. The molecule has 0 saturated carbocycles. The van der Waals surface area contributed by atoms with Crippen molar-refractivity contribution >= 4 is 23.2 Å². The molecule has 1 aromatic heterocycles. The number of amides is 1. The van der Waals surface area contributed by atoms with E-state index in [1.807, 2.05) is 62.4 Å². The van der Waals surface area contributed by atoms with Gasteiger partial charge in [-0.15, -0.1) is 5.10 Å². The molecule has 0 bridgehead atoms. The van der Waals surface area contributed by atoms with Gasteiger partial charge >= 0.3 is 0 Å². The quantitative estimate of drug-likeness (QED) is 0.434. The number of nitrogens with one attached hydrogen (secondary N) is 1. The lowest BCUT2D eigenvalue weighted by Crippen LogP contribution is -2.14. The van der Waals surface area contributed by atoms with E-state index in [4.69, 9.17) is 16.3 Å². The van der Waals surface area contributed by atoms with Crippen molar-refractivity contribution in [3.8, 4) is 22.8 Å². The van der Waals surface area contributed by atoms with E-state index in [0.717, 1.165) is 22.6 Å². The van der Waals surface area contributed by atoms with Crippen molar-refractivity contribution in [2.45, 2.75) is 13.8 Å². The maximum atomic E-state index is 12.8. The summed E-state index contributed by atoms with van der Waals surface area (Å²) in [5, 5.41) is 7.83. The van der Waals surface area contributed by atoms with Gasteiger partial charge in [-0.2, -0.15) is 0 Å². The largest absolute Gasteiger partial charge is 0.494 e. The Labute approximate surface area is 185 Å². The summed E-state index contributed by atoms with van der Waals surface area (Å²) in [6, 6.07) is 22.4. The molecule has 1 heterocycles. The van der Waals surface area contributed by atoms with Gasteiger partial charge in [0, 0.05) is 16.3 Å². The Morgan fingerprint density at radius 3 is 2.55 bits per heavy atom. The lowest BCUT2D eigenvalue weighted by molar-refractivity contribution is 0.101. The Bertz CT molecular complexity index is 1220. The Balaban J connectivity index is 1.73. The zero-order valence-electron chi connectivity index (χ0n) is 17.2. The second kappa shape index (κ2) is 9.02. The van der Waals surface area contributed by atoms with Crippen molar-refractivity contribution in [3.63, 3.8) is 0 Å². The average Bonchev–Trinajstić information content (AvgIpc) is 3.20. The molecule has 0 fully saturated rings. The van der Waals surface area contributed by atoms with Gasteiger partial charge in [-0.25, -0.2) is 9.67 Å². The minimum atomic E-state index is -0.416. The van der Waals surface area contributed by atoms with Crippen molar-refractivity contribution in [3.05, 3.63) is 89.2 Å². The highest BCUT2D eigenvalue weighted by atomic mass is 35.5. The number of hydrogen-bond acceptors (Lipinski definition) is 4. The topological polar surface area (TPSA) is 69.0 Å². The Hall–Kier alpha value is -3.64. The minimum absolute atomic E-state index is 0.0605. The lowest BCUT2D eigenvalue weighted by atomic mass is 10.1. The van der Waals surface area contributed by atoms with Crippen molar-refractivity contribution in [2.75, 3.05) is 11.9 Å². The molecule has 0 aliphatic carbocycles. The van der Waals surface area contributed by atoms with Crippen LogP contribution in [-0.2, 0) is 0 Å². The Morgan fingerprint density at radius 1 is 1.06 bits per heavy atom. The number of nitrogens with zero attached hydrogens (tertiary/aromatic N) is 3. The SMILES string of the molecule is CCOc1ccc(-n2nc(C(=O)Nc3cccc(Cl)c3)nc2-c2cccc(C)c2)cc1. The number of hydrogen-bond donors (Lipinski definition) is 1. The van der Waals surface area contributed by atoms with Crippen molar-refractivity contribution in [1.29, 1.82) is 0 Å². The first kappa shape index (κ1) is 20.6. The summed E-state index contributed by atoms with van der Waals surface area (Å²) in [4.78, 5) is 17.4. The summed E-state index contributed by atoms with van der Waals surface area (Å²) < 4.78 is 7.19. The third-order valence-electron chi connectivity index (χ3n) is 4.56. The van der Waals surface area contributed by atoms with E-state index in [0.29, 0.717) is 23.1 Å². The van der Waals surface area contributed by atoms with E-state index in [1.165, 1.54) is 0 Å². The molecule has 6 nitrogen and oxygen atoms in total. The molecule has 1 N–H and O–H groups in total. The monoisotopic (exact) mass is 432 g/mol. The van der Waals surface area contributed by atoms with Gasteiger partial charge < -0.3 is 10.1 Å². The smallest absolute Gasteiger partial charge is 0.295 e. The Morgan fingerprint density at radius 2 is 1.84 bits per heavy atom. The van der Waals surface area contributed by atoms with Gasteiger partial charge in [-0.3, -0.25) is 4.79 Å². The van der Waals surface area contributed by atoms with Gasteiger partial charge in [0.15, 0.2) is 5.82 Å². The van der Waals surface area contributed by atoms with Gasteiger partial charge in [0.2, 0.25) is 5.82 Å².